The summed E-state index contributed by atoms with van der Waals surface area (Å²) in [7, 11) is 0. The molecular formula is C31H39Cl4N7O3. The molecule has 4 aromatic rings. The number of rotatable bonds is 11. The maximum atomic E-state index is 11.0. The van der Waals surface area contributed by atoms with Crippen molar-refractivity contribution in [3.8, 4) is 23.3 Å². The standard InChI is InChI=1S/C16H20Cl2N4O2.C15H19Cl2N3O/c1-4-13-14(8-20-16(19)23)21-22(9(2)3)15(13)24-12-6-10(17)5-11(18)7-12;1-4-13-14(8-18)19-20(9(2)3)15(13)21-12-6-10(16)5-11(17)7-12/h5-7,9H,4,8H2,1-3H3,(H3,19,20,23);5-7,9H,4,8,18H2,1-3H3. The van der Waals surface area contributed by atoms with Crippen molar-refractivity contribution in [1.29, 1.82) is 0 Å². The number of benzene rings is 2. The summed E-state index contributed by atoms with van der Waals surface area (Å²) < 4.78 is 15.7. The van der Waals surface area contributed by atoms with Crippen LogP contribution in [0.4, 0.5) is 4.79 Å². The summed E-state index contributed by atoms with van der Waals surface area (Å²) in [5.41, 5.74) is 14.4. The Hall–Kier alpha value is -3.15. The highest BCUT2D eigenvalue weighted by molar-refractivity contribution is 6.35. The Kier molecular flexibility index (Phi) is 13.3. The number of hydrogen-bond acceptors (Lipinski definition) is 6. The number of ether oxygens (including phenoxy) is 2. The molecule has 0 bridgehead atoms. The zero-order valence-corrected chi connectivity index (χ0v) is 29.2. The van der Waals surface area contributed by atoms with Gasteiger partial charge in [0, 0.05) is 37.8 Å². The van der Waals surface area contributed by atoms with E-state index in [1.54, 1.807) is 41.1 Å². The number of nitrogens with one attached hydrogen (secondary N) is 1. The third kappa shape index (κ3) is 9.67. The Morgan fingerprint density at radius 3 is 1.47 bits per heavy atom. The largest absolute Gasteiger partial charge is 0.439 e. The fourth-order valence-electron chi connectivity index (χ4n) is 4.50. The second-order valence-corrected chi connectivity index (χ2v) is 12.3. The highest BCUT2D eigenvalue weighted by Gasteiger charge is 2.22. The van der Waals surface area contributed by atoms with Crippen LogP contribution in [0.2, 0.25) is 20.1 Å². The van der Waals surface area contributed by atoms with Crippen LogP contribution in [-0.2, 0) is 25.9 Å². The molecule has 0 saturated carbocycles. The van der Waals surface area contributed by atoms with Gasteiger partial charge in [-0.15, -0.1) is 0 Å². The van der Waals surface area contributed by atoms with Crippen LogP contribution in [0, 0.1) is 0 Å². The number of carbonyl (C=O) groups excluding carboxylic acids is 1. The van der Waals surface area contributed by atoms with Crippen molar-refractivity contribution in [2.75, 3.05) is 0 Å². The summed E-state index contributed by atoms with van der Waals surface area (Å²) in [5, 5.41) is 13.7. The van der Waals surface area contributed by atoms with Crippen LogP contribution in [0.5, 0.6) is 23.3 Å². The summed E-state index contributed by atoms with van der Waals surface area (Å²) in [4.78, 5) is 11.0. The summed E-state index contributed by atoms with van der Waals surface area (Å²) >= 11 is 24.1. The van der Waals surface area contributed by atoms with E-state index >= 15 is 0 Å². The smallest absolute Gasteiger partial charge is 0.312 e. The lowest BCUT2D eigenvalue weighted by Crippen LogP contribution is -2.29. The number of aromatic nitrogens is 4. The quantitative estimate of drug-likeness (QED) is 0.143. The van der Waals surface area contributed by atoms with Gasteiger partial charge < -0.3 is 26.3 Å². The molecule has 0 saturated heterocycles. The van der Waals surface area contributed by atoms with E-state index in [2.05, 4.69) is 22.4 Å². The molecule has 0 aliphatic rings. The Bertz CT molecular complexity index is 1580. The topological polar surface area (TPSA) is 135 Å². The van der Waals surface area contributed by atoms with Gasteiger partial charge in [0.1, 0.15) is 11.5 Å². The van der Waals surface area contributed by atoms with Crippen molar-refractivity contribution in [1.82, 2.24) is 24.9 Å². The molecule has 5 N–H and O–H groups in total. The van der Waals surface area contributed by atoms with Gasteiger partial charge in [-0.2, -0.15) is 10.2 Å². The van der Waals surface area contributed by atoms with Crippen molar-refractivity contribution < 1.29 is 14.3 Å². The van der Waals surface area contributed by atoms with E-state index in [4.69, 9.17) is 67.3 Å². The van der Waals surface area contributed by atoms with Gasteiger partial charge in [0.15, 0.2) is 0 Å². The second kappa shape index (κ2) is 16.4. The van der Waals surface area contributed by atoms with Gasteiger partial charge in [-0.25, -0.2) is 14.2 Å². The molecule has 0 aliphatic heterocycles. The molecule has 10 nitrogen and oxygen atoms in total. The first-order valence-electron chi connectivity index (χ1n) is 14.5. The van der Waals surface area contributed by atoms with E-state index in [9.17, 15) is 4.79 Å². The van der Waals surface area contributed by atoms with E-state index in [0.29, 0.717) is 62.0 Å². The molecule has 244 valence electrons. The van der Waals surface area contributed by atoms with E-state index < -0.39 is 6.03 Å². The Morgan fingerprint density at radius 2 is 1.13 bits per heavy atom. The predicted molar refractivity (Wildman–Crippen MR) is 181 cm³/mol. The van der Waals surface area contributed by atoms with Gasteiger partial charge in [0.05, 0.1) is 30.0 Å². The first-order valence-corrected chi connectivity index (χ1v) is 16.0. The van der Waals surface area contributed by atoms with E-state index in [1.165, 1.54) is 0 Å². The lowest BCUT2D eigenvalue weighted by molar-refractivity contribution is 0.248. The molecule has 0 radical (unpaired) electrons. The SMILES string of the molecule is CCc1c(CN)nn(C(C)C)c1Oc1cc(Cl)cc(Cl)c1.CCc1c(CNC(N)=O)nn(C(C)C)c1Oc1cc(Cl)cc(Cl)c1. The first-order chi connectivity index (χ1) is 21.3. The van der Waals surface area contributed by atoms with Crippen LogP contribution in [0.25, 0.3) is 0 Å². The van der Waals surface area contributed by atoms with Crippen LogP contribution in [0.15, 0.2) is 36.4 Å². The van der Waals surface area contributed by atoms with Crippen LogP contribution in [0.1, 0.15) is 76.1 Å². The Morgan fingerprint density at radius 1 is 0.756 bits per heavy atom. The number of nitrogens with zero attached hydrogens (tertiary/aromatic N) is 4. The molecule has 2 amide bonds. The lowest BCUT2D eigenvalue weighted by Gasteiger charge is -2.13. The number of halogens is 4. The number of urea groups is 1. The number of nitrogens with two attached hydrogens (primary N) is 2. The van der Waals surface area contributed by atoms with Gasteiger partial charge in [-0.05, 0) is 76.9 Å². The summed E-state index contributed by atoms with van der Waals surface area (Å²) in [6.07, 6.45) is 1.48. The van der Waals surface area contributed by atoms with Crippen molar-refractivity contribution in [3.05, 3.63) is 79.0 Å². The molecule has 0 spiro atoms. The third-order valence-corrected chi connectivity index (χ3v) is 7.37. The van der Waals surface area contributed by atoms with E-state index in [1.807, 2.05) is 39.3 Å². The number of hydrogen-bond donors (Lipinski definition) is 3. The van der Waals surface area contributed by atoms with Gasteiger partial charge in [0.25, 0.3) is 0 Å². The van der Waals surface area contributed by atoms with Crippen molar-refractivity contribution >= 4 is 52.4 Å². The van der Waals surface area contributed by atoms with E-state index in [-0.39, 0.29) is 18.6 Å². The zero-order valence-electron chi connectivity index (χ0n) is 26.1. The molecular weight excluding hydrogens is 660 g/mol. The average Bonchev–Trinajstić information content (AvgIpc) is 3.48. The van der Waals surface area contributed by atoms with Crippen LogP contribution in [0.3, 0.4) is 0 Å². The minimum atomic E-state index is -0.597. The lowest BCUT2D eigenvalue weighted by atomic mass is 10.2. The zero-order chi connectivity index (χ0) is 33.4. The minimum Gasteiger partial charge on any atom is -0.439 e. The van der Waals surface area contributed by atoms with Crippen LogP contribution in [-0.4, -0.2) is 25.6 Å². The summed E-state index contributed by atoms with van der Waals surface area (Å²) in [5.74, 6) is 2.42. The number of primary amides is 1. The molecule has 2 aromatic carbocycles. The highest BCUT2D eigenvalue weighted by Crippen LogP contribution is 2.35. The van der Waals surface area contributed by atoms with Crippen molar-refractivity contribution in [3.63, 3.8) is 0 Å². The monoisotopic (exact) mass is 697 g/mol. The Labute approximate surface area is 283 Å². The third-order valence-electron chi connectivity index (χ3n) is 6.50. The molecule has 45 heavy (non-hydrogen) atoms. The number of amides is 2. The Balaban J connectivity index is 0.000000248. The molecule has 0 unspecified atom stereocenters. The molecule has 2 heterocycles. The number of carbonyl (C=O) groups is 1. The highest BCUT2D eigenvalue weighted by atomic mass is 35.5. The maximum Gasteiger partial charge on any atom is 0.312 e. The van der Waals surface area contributed by atoms with Gasteiger partial charge in [0.2, 0.25) is 11.8 Å². The summed E-state index contributed by atoms with van der Waals surface area (Å²) in [6, 6.07) is 9.78. The molecule has 0 aliphatic carbocycles. The fraction of sp³-hybridized carbons (Fsp3) is 0.387. The molecule has 2 aromatic heterocycles. The summed E-state index contributed by atoms with van der Waals surface area (Å²) in [6.45, 7) is 12.8. The average molecular weight is 700 g/mol. The van der Waals surface area contributed by atoms with Gasteiger partial charge in [-0.3, -0.25) is 0 Å². The maximum absolute atomic E-state index is 11.0. The van der Waals surface area contributed by atoms with E-state index in [0.717, 1.165) is 23.2 Å². The van der Waals surface area contributed by atoms with Crippen LogP contribution >= 0.6 is 46.4 Å². The second-order valence-electron chi connectivity index (χ2n) is 10.6. The normalized spacial score (nSPS) is 11.0. The molecule has 4 rings (SSSR count). The predicted octanol–water partition coefficient (Wildman–Crippen LogP) is 8.88. The van der Waals surface area contributed by atoms with Crippen LogP contribution < -0.4 is 26.3 Å². The molecule has 14 heteroatoms. The van der Waals surface area contributed by atoms with Crippen molar-refractivity contribution in [2.45, 2.75) is 79.6 Å². The fourth-order valence-corrected chi connectivity index (χ4v) is 5.51. The van der Waals surface area contributed by atoms with Gasteiger partial charge in [-0.1, -0.05) is 60.3 Å². The molecule has 0 fully saturated rings. The minimum absolute atomic E-state index is 0.0716. The first kappa shape index (κ1) is 36.3. The van der Waals surface area contributed by atoms with Gasteiger partial charge >= 0.3 is 6.03 Å². The molecule has 0 atom stereocenters. The van der Waals surface area contributed by atoms with Crippen molar-refractivity contribution in [2.24, 2.45) is 11.5 Å².